The third-order valence-electron chi connectivity index (χ3n) is 7.32. The molecule has 1 saturated carbocycles. The summed E-state index contributed by atoms with van der Waals surface area (Å²) in [5.41, 5.74) is 1.20. The van der Waals surface area contributed by atoms with Gasteiger partial charge in [0.25, 0.3) is 0 Å². The molecule has 8 nitrogen and oxygen atoms in total. The first-order valence-electron chi connectivity index (χ1n) is 13.4. The van der Waals surface area contributed by atoms with Crippen LogP contribution < -0.4 is 14.4 Å². The summed E-state index contributed by atoms with van der Waals surface area (Å²) in [7, 11) is -2.26. The minimum atomic E-state index is -3.82. The molecule has 1 atom stereocenters. The zero-order chi connectivity index (χ0) is 28.0. The first-order chi connectivity index (χ1) is 18.7. The Labute approximate surface area is 231 Å². The van der Waals surface area contributed by atoms with Crippen LogP contribution >= 0.6 is 0 Å². The summed E-state index contributed by atoms with van der Waals surface area (Å²) in [6, 6.07) is 19.4. The largest absolute Gasteiger partial charge is 0.497 e. The van der Waals surface area contributed by atoms with E-state index in [1.807, 2.05) is 48.5 Å². The highest BCUT2D eigenvalue weighted by atomic mass is 32.2. The van der Waals surface area contributed by atoms with Gasteiger partial charge in [-0.15, -0.1) is 0 Å². The number of carbonyl (C=O) groups is 2. The van der Waals surface area contributed by atoms with E-state index in [4.69, 9.17) is 4.74 Å². The zero-order valence-electron chi connectivity index (χ0n) is 22.8. The highest BCUT2D eigenvalue weighted by Gasteiger charge is 2.31. The van der Waals surface area contributed by atoms with Crippen molar-refractivity contribution in [2.24, 2.45) is 0 Å². The Morgan fingerprint density at radius 3 is 2.41 bits per heavy atom. The molecule has 0 saturated heterocycles. The van der Waals surface area contributed by atoms with E-state index in [0.717, 1.165) is 59.0 Å². The second kappa shape index (κ2) is 12.5. The Morgan fingerprint density at radius 2 is 1.69 bits per heavy atom. The van der Waals surface area contributed by atoms with Gasteiger partial charge in [0.1, 0.15) is 18.3 Å². The molecule has 9 heteroatoms. The molecule has 0 radical (unpaired) electrons. The maximum Gasteiger partial charge on any atom is 0.244 e. The number of benzene rings is 3. The van der Waals surface area contributed by atoms with E-state index < -0.39 is 28.5 Å². The van der Waals surface area contributed by atoms with Crippen LogP contribution in [0.2, 0.25) is 0 Å². The van der Waals surface area contributed by atoms with Crippen molar-refractivity contribution in [3.8, 4) is 5.75 Å². The third kappa shape index (κ3) is 7.09. The lowest BCUT2D eigenvalue weighted by Crippen LogP contribution is -2.53. The van der Waals surface area contributed by atoms with E-state index >= 15 is 0 Å². The fourth-order valence-corrected chi connectivity index (χ4v) is 6.00. The maximum atomic E-state index is 13.9. The molecule has 1 fully saturated rings. The fraction of sp³-hybridized carbons (Fsp3) is 0.400. The summed E-state index contributed by atoms with van der Waals surface area (Å²) in [5, 5.41) is 4.70. The van der Waals surface area contributed by atoms with Gasteiger partial charge in [0.05, 0.1) is 19.1 Å². The number of nitrogens with zero attached hydrogens (tertiary/aromatic N) is 2. The van der Waals surface area contributed by atoms with Crippen LogP contribution in [0.3, 0.4) is 0 Å². The number of sulfonamides is 1. The van der Waals surface area contributed by atoms with Gasteiger partial charge in [-0.3, -0.25) is 13.9 Å². The van der Waals surface area contributed by atoms with Crippen LogP contribution in [0.25, 0.3) is 10.8 Å². The van der Waals surface area contributed by atoms with Gasteiger partial charge in [-0.05, 0) is 48.9 Å². The van der Waals surface area contributed by atoms with Crippen LogP contribution in [0.4, 0.5) is 5.69 Å². The topological polar surface area (TPSA) is 96.0 Å². The highest BCUT2D eigenvalue weighted by Crippen LogP contribution is 2.29. The van der Waals surface area contributed by atoms with E-state index in [-0.39, 0.29) is 18.5 Å². The van der Waals surface area contributed by atoms with E-state index in [1.165, 1.54) is 4.90 Å². The Balaban J connectivity index is 1.65. The van der Waals surface area contributed by atoms with Gasteiger partial charge >= 0.3 is 0 Å². The molecule has 3 aromatic rings. The molecule has 4 rings (SSSR count). The summed E-state index contributed by atoms with van der Waals surface area (Å²) < 4.78 is 32.5. The number of fused-ring (bicyclic) bond motifs is 1. The molecule has 1 aliphatic carbocycles. The lowest BCUT2D eigenvalue weighted by Gasteiger charge is -2.33. The van der Waals surface area contributed by atoms with Crippen LogP contribution in [0.1, 0.15) is 44.6 Å². The van der Waals surface area contributed by atoms with Gasteiger partial charge in [-0.2, -0.15) is 0 Å². The van der Waals surface area contributed by atoms with Crippen molar-refractivity contribution in [3.63, 3.8) is 0 Å². The molecule has 2 amide bonds. The summed E-state index contributed by atoms with van der Waals surface area (Å²) >= 11 is 0. The smallest absolute Gasteiger partial charge is 0.244 e. The van der Waals surface area contributed by atoms with Crippen LogP contribution in [0, 0.1) is 0 Å². The predicted octanol–water partition coefficient (Wildman–Crippen LogP) is 4.48. The highest BCUT2D eigenvalue weighted by molar-refractivity contribution is 7.92. The molecule has 0 spiro atoms. The Bertz CT molecular complexity index is 1410. The number of hydrogen-bond donors (Lipinski definition) is 1. The number of methoxy groups -OCH3 is 1. The Hall–Kier alpha value is -3.59. The lowest BCUT2D eigenvalue weighted by molar-refractivity contribution is -0.139. The Morgan fingerprint density at radius 1 is 1.00 bits per heavy atom. The monoisotopic (exact) mass is 551 g/mol. The summed E-state index contributed by atoms with van der Waals surface area (Å²) in [6.45, 7) is 1.39. The van der Waals surface area contributed by atoms with Gasteiger partial charge in [-0.25, -0.2) is 8.42 Å². The van der Waals surface area contributed by atoms with Crippen molar-refractivity contribution in [2.75, 3.05) is 24.2 Å². The second-order valence-corrected chi connectivity index (χ2v) is 12.1. The van der Waals surface area contributed by atoms with Gasteiger partial charge in [0.15, 0.2) is 0 Å². The minimum Gasteiger partial charge on any atom is -0.497 e. The van der Waals surface area contributed by atoms with Crippen molar-refractivity contribution < 1.29 is 22.7 Å². The number of rotatable bonds is 10. The average molecular weight is 552 g/mol. The minimum absolute atomic E-state index is 0.0886. The molecule has 0 aliphatic heterocycles. The van der Waals surface area contributed by atoms with Crippen LogP contribution in [-0.2, 0) is 26.2 Å². The molecule has 1 N–H and O–H groups in total. The average Bonchev–Trinajstić information content (AvgIpc) is 2.94. The Kier molecular flexibility index (Phi) is 9.12. The molecule has 3 aromatic carbocycles. The number of carbonyl (C=O) groups excluding carboxylic acids is 2. The SMILES string of the molecule is COc1cccc(CN(C(=O)CN(c2cccc3ccccc23)S(C)(=O)=O)[C@@H](C)C(=O)NC2CCCCC2)c1. The van der Waals surface area contributed by atoms with E-state index in [1.54, 1.807) is 32.2 Å². The van der Waals surface area contributed by atoms with Gasteiger partial charge in [0.2, 0.25) is 21.8 Å². The van der Waals surface area contributed by atoms with Crippen molar-refractivity contribution in [3.05, 3.63) is 72.3 Å². The number of anilines is 1. The van der Waals surface area contributed by atoms with Gasteiger partial charge in [-0.1, -0.05) is 67.8 Å². The summed E-state index contributed by atoms with van der Waals surface area (Å²) in [6.07, 6.45) is 6.24. The lowest BCUT2D eigenvalue weighted by atomic mass is 9.95. The van der Waals surface area contributed by atoms with Crippen LogP contribution in [0.15, 0.2) is 66.7 Å². The molecule has 0 heterocycles. The van der Waals surface area contributed by atoms with Crippen molar-refractivity contribution in [1.82, 2.24) is 10.2 Å². The van der Waals surface area contributed by atoms with Gasteiger partial charge < -0.3 is 15.0 Å². The molecular weight excluding hydrogens is 514 g/mol. The van der Waals surface area contributed by atoms with Crippen molar-refractivity contribution in [2.45, 2.75) is 57.7 Å². The normalized spacial score (nSPS) is 14.9. The van der Waals surface area contributed by atoms with Crippen LogP contribution in [-0.4, -0.2) is 57.1 Å². The third-order valence-corrected chi connectivity index (χ3v) is 8.45. The fourth-order valence-electron chi connectivity index (χ4n) is 5.14. The molecule has 0 bridgehead atoms. The number of hydrogen-bond acceptors (Lipinski definition) is 5. The molecule has 208 valence electrons. The van der Waals surface area contributed by atoms with E-state index in [9.17, 15) is 18.0 Å². The van der Waals surface area contributed by atoms with Crippen molar-refractivity contribution in [1.29, 1.82) is 0 Å². The summed E-state index contributed by atoms with van der Waals surface area (Å²) in [5.74, 6) is -0.0792. The molecule has 1 aliphatic rings. The predicted molar refractivity (Wildman–Crippen MR) is 154 cm³/mol. The van der Waals surface area contributed by atoms with E-state index in [0.29, 0.717) is 11.4 Å². The summed E-state index contributed by atoms with van der Waals surface area (Å²) in [4.78, 5) is 28.7. The number of nitrogens with one attached hydrogen (secondary N) is 1. The van der Waals surface area contributed by atoms with Crippen molar-refractivity contribution >= 4 is 38.3 Å². The molecular formula is C30H37N3O5S. The maximum absolute atomic E-state index is 13.9. The molecule has 39 heavy (non-hydrogen) atoms. The first kappa shape index (κ1) is 28.4. The molecule has 0 aromatic heterocycles. The second-order valence-electron chi connectivity index (χ2n) is 10.2. The standard InChI is InChI=1S/C30H37N3O5S/c1-22(30(35)31-25-14-5-4-6-15-25)32(20-23-11-9-16-26(19-23)38-2)29(34)21-33(39(3,36)37)28-18-10-13-24-12-7-8-17-27(24)28/h7-13,16-19,22,25H,4-6,14-15,20-21H2,1-3H3,(H,31,35)/t22-/m0/s1. The zero-order valence-corrected chi connectivity index (χ0v) is 23.6. The van der Waals surface area contributed by atoms with E-state index in [2.05, 4.69) is 5.32 Å². The number of amides is 2. The van der Waals surface area contributed by atoms with Gasteiger partial charge in [0, 0.05) is 18.0 Å². The van der Waals surface area contributed by atoms with Crippen LogP contribution in [0.5, 0.6) is 5.75 Å². The molecule has 0 unspecified atom stereocenters. The first-order valence-corrected chi connectivity index (χ1v) is 15.2. The number of ether oxygens (including phenoxy) is 1. The quantitative estimate of drug-likeness (QED) is 0.401.